The average Bonchev–Trinajstić information content (AvgIpc) is 2.99. The number of carbonyl (C=O) groups excluding carboxylic acids is 1. The number of ether oxygens (including phenoxy) is 1. The fourth-order valence-corrected chi connectivity index (χ4v) is 3.48. The Labute approximate surface area is 178 Å². The molecule has 0 spiro atoms. The number of rotatable bonds is 6. The molecule has 1 N–H and O–H groups in total. The molecule has 30 heavy (non-hydrogen) atoms. The van der Waals surface area contributed by atoms with Gasteiger partial charge in [-0.1, -0.05) is 41.9 Å². The highest BCUT2D eigenvalue weighted by Gasteiger charge is 2.13. The number of benzene rings is 3. The number of amides is 1. The van der Waals surface area contributed by atoms with Crippen molar-refractivity contribution in [1.29, 1.82) is 0 Å². The Bertz CT molecular complexity index is 1260. The van der Waals surface area contributed by atoms with E-state index in [1.165, 1.54) is 0 Å². The van der Waals surface area contributed by atoms with Crippen LogP contribution < -0.4 is 15.7 Å². The van der Waals surface area contributed by atoms with E-state index >= 15 is 0 Å². The minimum absolute atomic E-state index is 0.130. The third kappa shape index (κ3) is 4.09. The van der Waals surface area contributed by atoms with Gasteiger partial charge in [0.15, 0.2) is 5.75 Å². The van der Waals surface area contributed by atoms with Gasteiger partial charge >= 0.3 is 5.69 Å². The van der Waals surface area contributed by atoms with E-state index in [2.05, 4.69) is 5.32 Å². The van der Waals surface area contributed by atoms with Gasteiger partial charge < -0.3 is 10.1 Å². The maximum Gasteiger partial charge on any atom is 0.328 e. The van der Waals surface area contributed by atoms with Crippen LogP contribution in [0.2, 0.25) is 5.02 Å². The van der Waals surface area contributed by atoms with Crippen LogP contribution in [0, 0.1) is 0 Å². The van der Waals surface area contributed by atoms with Gasteiger partial charge in [0, 0.05) is 25.0 Å². The summed E-state index contributed by atoms with van der Waals surface area (Å²) < 4.78 is 9.06. The standard InChI is InChI=1S/C23H20ClN3O3/c1-26-19-9-5-6-10-20(19)27(23(26)29)14-13-22(28)25-18-15-16(24)11-12-21(18)30-17-7-3-2-4-8-17/h2-12,15H,13-14H2,1H3,(H,25,28). The fraction of sp³-hybridized carbons (Fsp3) is 0.130. The highest BCUT2D eigenvalue weighted by molar-refractivity contribution is 6.31. The summed E-state index contributed by atoms with van der Waals surface area (Å²) in [6, 6.07) is 21.8. The molecule has 1 aromatic heterocycles. The van der Waals surface area contributed by atoms with Crippen LogP contribution >= 0.6 is 11.6 Å². The molecule has 0 bridgehead atoms. The number of aromatic nitrogens is 2. The second-order valence-electron chi connectivity index (χ2n) is 6.84. The summed E-state index contributed by atoms with van der Waals surface area (Å²) in [5, 5.41) is 3.33. The Morgan fingerprint density at radius 1 is 1.00 bits per heavy atom. The quantitative estimate of drug-likeness (QED) is 0.485. The van der Waals surface area contributed by atoms with Gasteiger partial charge in [-0.25, -0.2) is 4.79 Å². The summed E-state index contributed by atoms with van der Waals surface area (Å²) in [5.74, 6) is 0.897. The number of aryl methyl sites for hydroxylation is 2. The maximum atomic E-state index is 12.6. The third-order valence-corrected chi connectivity index (χ3v) is 5.04. The zero-order valence-electron chi connectivity index (χ0n) is 16.3. The van der Waals surface area contributed by atoms with Gasteiger partial charge in [0.25, 0.3) is 0 Å². The number of nitrogens with zero attached hydrogens (tertiary/aromatic N) is 2. The predicted molar refractivity (Wildman–Crippen MR) is 118 cm³/mol. The first-order chi connectivity index (χ1) is 14.5. The number of hydrogen-bond acceptors (Lipinski definition) is 3. The minimum atomic E-state index is -0.241. The largest absolute Gasteiger partial charge is 0.455 e. The van der Waals surface area contributed by atoms with Crippen LogP contribution in [0.1, 0.15) is 6.42 Å². The summed E-state index contributed by atoms with van der Waals surface area (Å²) in [4.78, 5) is 25.1. The highest BCUT2D eigenvalue weighted by Crippen LogP contribution is 2.32. The molecule has 0 aliphatic carbocycles. The normalized spacial score (nSPS) is 10.9. The lowest BCUT2D eigenvalue weighted by Gasteiger charge is -2.13. The molecule has 152 valence electrons. The van der Waals surface area contributed by atoms with E-state index in [1.54, 1.807) is 34.4 Å². The Morgan fingerprint density at radius 2 is 1.70 bits per heavy atom. The Hall–Kier alpha value is -3.51. The van der Waals surface area contributed by atoms with Crippen LogP contribution in [-0.4, -0.2) is 15.0 Å². The predicted octanol–water partition coefficient (Wildman–Crippen LogP) is 4.81. The molecule has 0 atom stereocenters. The maximum absolute atomic E-state index is 12.6. The third-order valence-electron chi connectivity index (χ3n) is 4.80. The number of carbonyl (C=O) groups is 1. The molecule has 0 fully saturated rings. The molecule has 0 unspecified atom stereocenters. The molecule has 7 heteroatoms. The van der Waals surface area contributed by atoms with Crippen molar-refractivity contribution >= 4 is 34.2 Å². The van der Waals surface area contributed by atoms with Crippen molar-refractivity contribution in [2.24, 2.45) is 7.05 Å². The zero-order valence-corrected chi connectivity index (χ0v) is 17.1. The summed E-state index contributed by atoms with van der Waals surface area (Å²) in [6.07, 6.45) is 0.130. The lowest BCUT2D eigenvalue weighted by molar-refractivity contribution is -0.116. The molecule has 0 saturated heterocycles. The number of para-hydroxylation sites is 3. The van der Waals surface area contributed by atoms with Crippen molar-refractivity contribution in [3.63, 3.8) is 0 Å². The summed E-state index contributed by atoms with van der Waals surface area (Å²) in [7, 11) is 1.72. The van der Waals surface area contributed by atoms with Crippen LogP contribution in [-0.2, 0) is 18.4 Å². The summed E-state index contributed by atoms with van der Waals surface area (Å²) in [6.45, 7) is 0.265. The lowest BCUT2D eigenvalue weighted by Crippen LogP contribution is -2.24. The highest BCUT2D eigenvalue weighted by atomic mass is 35.5. The Balaban J connectivity index is 1.51. The van der Waals surface area contributed by atoms with E-state index in [-0.39, 0.29) is 24.6 Å². The number of anilines is 1. The van der Waals surface area contributed by atoms with Gasteiger partial charge in [-0.3, -0.25) is 13.9 Å². The van der Waals surface area contributed by atoms with E-state index in [4.69, 9.17) is 16.3 Å². The molecular weight excluding hydrogens is 402 g/mol. The van der Waals surface area contributed by atoms with Gasteiger partial charge in [0.1, 0.15) is 5.75 Å². The van der Waals surface area contributed by atoms with Gasteiger partial charge in [0.2, 0.25) is 5.91 Å². The number of hydrogen-bond donors (Lipinski definition) is 1. The van der Waals surface area contributed by atoms with E-state index in [1.807, 2.05) is 54.6 Å². The fourth-order valence-electron chi connectivity index (χ4n) is 3.31. The van der Waals surface area contributed by atoms with Crippen LogP contribution in [0.4, 0.5) is 5.69 Å². The van der Waals surface area contributed by atoms with Crippen molar-refractivity contribution in [2.45, 2.75) is 13.0 Å². The molecule has 0 saturated carbocycles. The SMILES string of the molecule is Cn1c(=O)n(CCC(=O)Nc2cc(Cl)ccc2Oc2ccccc2)c2ccccc21. The number of halogens is 1. The van der Waals surface area contributed by atoms with E-state index < -0.39 is 0 Å². The first-order valence-corrected chi connectivity index (χ1v) is 9.87. The minimum Gasteiger partial charge on any atom is -0.455 e. The Morgan fingerprint density at radius 3 is 2.47 bits per heavy atom. The molecule has 0 radical (unpaired) electrons. The molecule has 4 rings (SSSR count). The number of fused-ring (bicyclic) bond motifs is 1. The summed E-state index contributed by atoms with van der Waals surface area (Å²) in [5.41, 5.74) is 1.95. The van der Waals surface area contributed by atoms with Crippen LogP contribution in [0.25, 0.3) is 11.0 Å². The molecule has 4 aromatic rings. The van der Waals surface area contributed by atoms with Gasteiger partial charge in [-0.2, -0.15) is 0 Å². The van der Waals surface area contributed by atoms with Crippen molar-refractivity contribution in [3.8, 4) is 11.5 Å². The average molecular weight is 422 g/mol. The first-order valence-electron chi connectivity index (χ1n) is 9.49. The van der Waals surface area contributed by atoms with E-state index in [0.717, 1.165) is 11.0 Å². The van der Waals surface area contributed by atoms with Crippen LogP contribution in [0.15, 0.2) is 77.6 Å². The molecule has 1 heterocycles. The van der Waals surface area contributed by atoms with Crippen LogP contribution in [0.5, 0.6) is 11.5 Å². The smallest absolute Gasteiger partial charge is 0.328 e. The monoisotopic (exact) mass is 421 g/mol. The van der Waals surface area contributed by atoms with Gasteiger partial charge in [-0.05, 0) is 42.5 Å². The molecule has 6 nitrogen and oxygen atoms in total. The molecule has 0 aliphatic rings. The lowest BCUT2D eigenvalue weighted by atomic mass is 10.2. The molecule has 3 aromatic carbocycles. The van der Waals surface area contributed by atoms with Crippen molar-refractivity contribution in [3.05, 3.63) is 88.3 Å². The summed E-state index contributed by atoms with van der Waals surface area (Å²) >= 11 is 6.11. The first kappa shape index (κ1) is 19.8. The molecular formula is C23H20ClN3O3. The molecule has 1 amide bonds. The second kappa shape index (κ2) is 8.47. The van der Waals surface area contributed by atoms with Crippen molar-refractivity contribution in [1.82, 2.24) is 9.13 Å². The van der Waals surface area contributed by atoms with Crippen LogP contribution in [0.3, 0.4) is 0 Å². The van der Waals surface area contributed by atoms with Crippen molar-refractivity contribution < 1.29 is 9.53 Å². The topological polar surface area (TPSA) is 65.3 Å². The van der Waals surface area contributed by atoms with Crippen molar-refractivity contribution in [2.75, 3.05) is 5.32 Å². The number of imidazole rings is 1. The van der Waals surface area contributed by atoms with Gasteiger partial charge in [-0.15, -0.1) is 0 Å². The van der Waals surface area contributed by atoms with E-state index in [9.17, 15) is 9.59 Å². The van der Waals surface area contributed by atoms with E-state index in [0.29, 0.717) is 22.2 Å². The number of nitrogens with one attached hydrogen (secondary N) is 1. The zero-order chi connectivity index (χ0) is 21.1. The Kier molecular flexibility index (Phi) is 5.59. The second-order valence-corrected chi connectivity index (χ2v) is 7.27. The molecule has 0 aliphatic heterocycles. The van der Waals surface area contributed by atoms with Gasteiger partial charge in [0.05, 0.1) is 16.7 Å².